The molecule has 1 aromatic rings. The Morgan fingerprint density at radius 3 is 2.70 bits per heavy atom. The molecule has 128 valence electrons. The first-order chi connectivity index (χ1) is 10.8. The van der Waals surface area contributed by atoms with E-state index in [1.54, 1.807) is 23.6 Å². The molecule has 1 unspecified atom stereocenters. The molecule has 2 heterocycles. The lowest BCUT2D eigenvalue weighted by molar-refractivity contribution is 0.0749. The van der Waals surface area contributed by atoms with Gasteiger partial charge in [0.05, 0.1) is 0 Å². The Balaban J connectivity index is 2.08. The fourth-order valence-electron chi connectivity index (χ4n) is 3.30. The molecule has 1 amide bonds. The average molecular weight is 319 g/mol. The fraction of sp³-hybridized carbons (Fsp3) is 0.667. The van der Waals surface area contributed by atoms with Gasteiger partial charge < -0.3 is 9.47 Å². The Morgan fingerprint density at radius 2 is 2.04 bits per heavy atom. The number of aryl methyl sites for hydroxylation is 2. The Morgan fingerprint density at radius 1 is 1.35 bits per heavy atom. The fourth-order valence-corrected chi connectivity index (χ4v) is 3.30. The van der Waals surface area contributed by atoms with Crippen molar-refractivity contribution in [3.8, 4) is 0 Å². The number of piperidine rings is 1. The molecule has 5 heteroatoms. The highest BCUT2D eigenvalue weighted by molar-refractivity contribution is 5.95. The summed E-state index contributed by atoms with van der Waals surface area (Å²) in [6.07, 6.45) is 3.76. The molecule has 0 aliphatic carbocycles. The van der Waals surface area contributed by atoms with Crippen molar-refractivity contribution >= 4 is 5.91 Å². The number of nitrogens with zero attached hydrogens (tertiary/aromatic N) is 3. The lowest BCUT2D eigenvalue weighted by atomic mass is 10.0. The summed E-state index contributed by atoms with van der Waals surface area (Å²) >= 11 is 0. The highest BCUT2D eigenvalue weighted by Gasteiger charge is 2.22. The van der Waals surface area contributed by atoms with Crippen LogP contribution in [-0.2, 0) is 7.05 Å². The second-order valence-electron chi connectivity index (χ2n) is 6.82. The topological polar surface area (TPSA) is 45.6 Å². The molecule has 0 aromatic carbocycles. The van der Waals surface area contributed by atoms with Gasteiger partial charge in [0.1, 0.15) is 5.56 Å². The van der Waals surface area contributed by atoms with Crippen LogP contribution >= 0.6 is 0 Å². The van der Waals surface area contributed by atoms with Crippen molar-refractivity contribution in [3.05, 3.63) is 33.2 Å². The normalized spacial score (nSPS) is 18.9. The quantitative estimate of drug-likeness (QED) is 0.852. The van der Waals surface area contributed by atoms with Crippen LogP contribution in [0.25, 0.3) is 0 Å². The van der Waals surface area contributed by atoms with E-state index in [1.165, 1.54) is 19.3 Å². The van der Waals surface area contributed by atoms with E-state index < -0.39 is 0 Å². The minimum absolute atomic E-state index is 0.173. The van der Waals surface area contributed by atoms with E-state index in [-0.39, 0.29) is 11.5 Å². The van der Waals surface area contributed by atoms with Crippen molar-refractivity contribution in [1.29, 1.82) is 0 Å². The van der Waals surface area contributed by atoms with Gasteiger partial charge in [0.15, 0.2) is 0 Å². The molecule has 1 atom stereocenters. The molecule has 0 N–H and O–H groups in total. The molecule has 1 aliphatic heterocycles. The number of carbonyl (C=O) groups excluding carboxylic acids is 1. The molecule has 0 radical (unpaired) electrons. The van der Waals surface area contributed by atoms with Gasteiger partial charge in [0, 0.05) is 38.9 Å². The zero-order valence-electron chi connectivity index (χ0n) is 15.1. The average Bonchev–Trinajstić information content (AvgIpc) is 2.51. The second-order valence-corrected chi connectivity index (χ2v) is 6.82. The summed E-state index contributed by atoms with van der Waals surface area (Å²) in [5, 5.41) is 0. The van der Waals surface area contributed by atoms with E-state index in [0.717, 1.165) is 24.3 Å². The maximum absolute atomic E-state index is 12.7. The predicted molar refractivity (Wildman–Crippen MR) is 93.0 cm³/mol. The van der Waals surface area contributed by atoms with Gasteiger partial charge in [-0.1, -0.05) is 6.42 Å². The highest BCUT2D eigenvalue weighted by Crippen LogP contribution is 2.16. The maximum atomic E-state index is 12.7. The summed E-state index contributed by atoms with van der Waals surface area (Å²) in [6.45, 7) is 8.59. The molecule has 0 saturated carbocycles. The van der Waals surface area contributed by atoms with E-state index in [2.05, 4.69) is 11.8 Å². The molecule has 0 spiro atoms. The summed E-state index contributed by atoms with van der Waals surface area (Å²) in [5.41, 5.74) is 1.72. The summed E-state index contributed by atoms with van der Waals surface area (Å²) in [6, 6.07) is 2.48. The third-order valence-electron chi connectivity index (χ3n) is 5.09. The van der Waals surface area contributed by atoms with Crippen LogP contribution in [0.3, 0.4) is 0 Å². The van der Waals surface area contributed by atoms with E-state index in [0.29, 0.717) is 18.2 Å². The van der Waals surface area contributed by atoms with Crippen LogP contribution in [0.15, 0.2) is 10.9 Å². The molecule has 1 saturated heterocycles. The van der Waals surface area contributed by atoms with Gasteiger partial charge in [0.2, 0.25) is 0 Å². The van der Waals surface area contributed by atoms with Crippen molar-refractivity contribution in [1.82, 2.24) is 14.4 Å². The standard InChI is InChI=1S/C18H29N3O2/c1-13-12-15(3)20(5)18(23)16(13)17(22)19(4)10-11-21-9-7-6-8-14(21)2/h12,14H,6-11H2,1-5H3. The maximum Gasteiger partial charge on any atom is 0.263 e. The molecule has 0 bridgehead atoms. The van der Waals surface area contributed by atoms with Gasteiger partial charge in [-0.25, -0.2) is 0 Å². The number of rotatable bonds is 4. The van der Waals surface area contributed by atoms with Crippen LogP contribution in [0.5, 0.6) is 0 Å². The lowest BCUT2D eigenvalue weighted by Crippen LogP contribution is -2.44. The minimum atomic E-state index is -0.203. The molecule has 1 fully saturated rings. The van der Waals surface area contributed by atoms with Gasteiger partial charge in [0.25, 0.3) is 11.5 Å². The molecular formula is C18H29N3O2. The summed E-state index contributed by atoms with van der Waals surface area (Å²) in [7, 11) is 3.50. The number of likely N-dealkylation sites (tertiary alicyclic amines) is 1. The number of likely N-dealkylation sites (N-methyl/N-ethyl adjacent to an activating group) is 1. The largest absolute Gasteiger partial charge is 0.340 e. The molecule has 5 nitrogen and oxygen atoms in total. The predicted octanol–water partition coefficient (Wildman–Crippen LogP) is 1.95. The van der Waals surface area contributed by atoms with E-state index in [1.807, 2.05) is 19.9 Å². The zero-order chi connectivity index (χ0) is 17.1. The number of hydrogen-bond acceptors (Lipinski definition) is 3. The number of amides is 1. The minimum Gasteiger partial charge on any atom is -0.340 e. The number of hydrogen-bond donors (Lipinski definition) is 0. The van der Waals surface area contributed by atoms with Crippen LogP contribution in [-0.4, -0.2) is 53.0 Å². The smallest absolute Gasteiger partial charge is 0.263 e. The Bertz CT molecular complexity index is 636. The van der Waals surface area contributed by atoms with Crippen molar-refractivity contribution in [3.63, 3.8) is 0 Å². The first kappa shape index (κ1) is 17.7. The molecule has 1 aliphatic rings. The SMILES string of the molecule is Cc1cc(C)n(C)c(=O)c1C(=O)N(C)CCN1CCCCC1C. The Hall–Kier alpha value is -1.62. The molecule has 23 heavy (non-hydrogen) atoms. The summed E-state index contributed by atoms with van der Waals surface area (Å²) in [4.78, 5) is 29.2. The van der Waals surface area contributed by atoms with Crippen LogP contribution < -0.4 is 5.56 Å². The number of carbonyl (C=O) groups is 1. The number of aromatic nitrogens is 1. The van der Waals surface area contributed by atoms with Crippen molar-refractivity contribution < 1.29 is 4.79 Å². The second kappa shape index (κ2) is 7.30. The van der Waals surface area contributed by atoms with Crippen LogP contribution in [0.1, 0.15) is 47.8 Å². The van der Waals surface area contributed by atoms with Crippen LogP contribution in [0.4, 0.5) is 0 Å². The van der Waals surface area contributed by atoms with Gasteiger partial charge in [-0.3, -0.25) is 14.5 Å². The Kier molecular flexibility index (Phi) is 5.63. The molecule has 2 rings (SSSR count). The summed E-state index contributed by atoms with van der Waals surface area (Å²) in [5.74, 6) is -0.173. The number of pyridine rings is 1. The van der Waals surface area contributed by atoms with Crippen LogP contribution in [0.2, 0.25) is 0 Å². The highest BCUT2D eigenvalue weighted by atomic mass is 16.2. The zero-order valence-corrected chi connectivity index (χ0v) is 15.1. The summed E-state index contributed by atoms with van der Waals surface area (Å²) < 4.78 is 1.54. The first-order valence-corrected chi connectivity index (χ1v) is 8.49. The third kappa shape index (κ3) is 3.83. The van der Waals surface area contributed by atoms with Crippen molar-refractivity contribution in [2.75, 3.05) is 26.7 Å². The monoisotopic (exact) mass is 319 g/mol. The third-order valence-corrected chi connectivity index (χ3v) is 5.09. The molecular weight excluding hydrogens is 290 g/mol. The van der Waals surface area contributed by atoms with E-state index >= 15 is 0 Å². The first-order valence-electron chi connectivity index (χ1n) is 8.49. The van der Waals surface area contributed by atoms with Crippen molar-refractivity contribution in [2.45, 2.75) is 46.1 Å². The van der Waals surface area contributed by atoms with E-state index in [9.17, 15) is 9.59 Å². The van der Waals surface area contributed by atoms with Crippen molar-refractivity contribution in [2.24, 2.45) is 7.05 Å². The van der Waals surface area contributed by atoms with Gasteiger partial charge in [-0.15, -0.1) is 0 Å². The Labute approximate surface area is 138 Å². The van der Waals surface area contributed by atoms with Gasteiger partial charge in [-0.2, -0.15) is 0 Å². The van der Waals surface area contributed by atoms with Crippen LogP contribution in [0, 0.1) is 13.8 Å². The van der Waals surface area contributed by atoms with Gasteiger partial charge in [-0.05, 0) is 51.8 Å². The molecule has 1 aromatic heterocycles. The lowest BCUT2D eigenvalue weighted by Gasteiger charge is -2.34. The van der Waals surface area contributed by atoms with E-state index in [4.69, 9.17) is 0 Å². The van der Waals surface area contributed by atoms with Gasteiger partial charge >= 0.3 is 0 Å².